The first-order valence-electron chi connectivity index (χ1n) is 5.64. The first-order valence-corrected chi connectivity index (χ1v) is 6.88. The van der Waals surface area contributed by atoms with E-state index in [0.29, 0.717) is 0 Å². The maximum absolute atomic E-state index is 11.5. The zero-order chi connectivity index (χ0) is 15.0. The van der Waals surface area contributed by atoms with Crippen LogP contribution in [0.5, 0.6) is 0 Å². The Balaban J connectivity index is 2.54. The fourth-order valence-electron chi connectivity index (χ4n) is 1.29. The number of hydrogen-bond donors (Lipinski definition) is 1. The van der Waals surface area contributed by atoms with Crippen molar-refractivity contribution in [1.82, 2.24) is 5.32 Å². The second kappa shape index (κ2) is 8.24. The van der Waals surface area contributed by atoms with Gasteiger partial charge in [-0.3, -0.25) is 5.32 Å². The van der Waals surface area contributed by atoms with Gasteiger partial charge in [0.1, 0.15) is 6.61 Å². The van der Waals surface area contributed by atoms with Gasteiger partial charge in [0.2, 0.25) is 0 Å². The van der Waals surface area contributed by atoms with Gasteiger partial charge in [-0.25, -0.2) is 9.59 Å². The van der Waals surface area contributed by atoms with Crippen LogP contribution in [-0.2, 0) is 30.0 Å². The number of rotatable bonds is 6. The van der Waals surface area contributed by atoms with Crippen LogP contribution in [0.4, 0.5) is 4.79 Å². The second-order valence-corrected chi connectivity index (χ2v) is 5.05. The lowest BCUT2D eigenvalue weighted by Gasteiger charge is -2.08. The zero-order valence-electron chi connectivity index (χ0n) is 11.1. The molecule has 0 bridgehead atoms. The van der Waals surface area contributed by atoms with E-state index in [1.165, 1.54) is 0 Å². The monoisotopic (exact) mass is 300 g/mol. The SMILES string of the molecule is COC(=O)C(NC(=O)OCc1ccccc1)[P+](=O)OC. The van der Waals surface area contributed by atoms with Gasteiger partial charge in [0.15, 0.2) is 0 Å². The zero-order valence-corrected chi connectivity index (χ0v) is 12.0. The van der Waals surface area contributed by atoms with Crippen LogP contribution in [0.25, 0.3) is 0 Å². The number of carbonyl (C=O) groups is 2. The van der Waals surface area contributed by atoms with Gasteiger partial charge >= 0.3 is 25.9 Å². The minimum Gasteiger partial charge on any atom is -0.464 e. The maximum Gasteiger partial charge on any atom is 0.545 e. The fraction of sp³-hybridized carbons (Fsp3) is 0.333. The fourth-order valence-corrected chi connectivity index (χ4v) is 1.99. The molecule has 1 rings (SSSR count). The topological polar surface area (TPSA) is 90.9 Å². The molecule has 20 heavy (non-hydrogen) atoms. The third kappa shape index (κ3) is 4.95. The van der Waals surface area contributed by atoms with Gasteiger partial charge in [-0.1, -0.05) is 30.3 Å². The highest BCUT2D eigenvalue weighted by atomic mass is 31.1. The third-order valence-corrected chi connectivity index (χ3v) is 3.40. The molecule has 1 aromatic rings. The number of amides is 1. The number of carbonyl (C=O) groups excluding carboxylic acids is 2. The molecule has 0 aliphatic rings. The highest BCUT2D eigenvalue weighted by Crippen LogP contribution is 2.27. The van der Waals surface area contributed by atoms with E-state index in [-0.39, 0.29) is 6.61 Å². The summed E-state index contributed by atoms with van der Waals surface area (Å²) in [4.78, 5) is 22.9. The lowest BCUT2D eigenvalue weighted by Crippen LogP contribution is -2.39. The Morgan fingerprint density at radius 1 is 1.25 bits per heavy atom. The van der Waals surface area contributed by atoms with E-state index < -0.39 is 25.9 Å². The smallest absolute Gasteiger partial charge is 0.464 e. The van der Waals surface area contributed by atoms with Gasteiger partial charge in [-0.2, -0.15) is 0 Å². The van der Waals surface area contributed by atoms with Gasteiger partial charge in [-0.05, 0) is 10.1 Å². The Morgan fingerprint density at radius 2 is 1.90 bits per heavy atom. The molecule has 0 aliphatic heterocycles. The van der Waals surface area contributed by atoms with Gasteiger partial charge in [0.25, 0.3) is 0 Å². The molecule has 0 saturated carbocycles. The Morgan fingerprint density at radius 3 is 2.45 bits per heavy atom. The van der Waals surface area contributed by atoms with Gasteiger partial charge in [0, 0.05) is 0 Å². The normalized spacial score (nSPS) is 12.2. The molecule has 1 amide bonds. The van der Waals surface area contributed by atoms with Crippen molar-refractivity contribution in [2.75, 3.05) is 14.2 Å². The molecule has 0 saturated heterocycles. The molecule has 2 unspecified atom stereocenters. The van der Waals surface area contributed by atoms with Crippen molar-refractivity contribution >= 4 is 20.1 Å². The van der Waals surface area contributed by atoms with Crippen molar-refractivity contribution in [2.45, 2.75) is 12.4 Å². The Labute approximate surface area is 117 Å². The summed E-state index contributed by atoms with van der Waals surface area (Å²) in [5.74, 6) is -2.27. The van der Waals surface area contributed by atoms with E-state index >= 15 is 0 Å². The van der Waals surface area contributed by atoms with Crippen LogP contribution in [0.15, 0.2) is 30.3 Å². The van der Waals surface area contributed by atoms with E-state index in [1.807, 2.05) is 6.07 Å². The molecule has 0 radical (unpaired) electrons. The number of ether oxygens (including phenoxy) is 2. The Kier molecular flexibility index (Phi) is 6.63. The number of nitrogens with one attached hydrogen (secondary N) is 1. The van der Waals surface area contributed by atoms with Crippen LogP contribution < -0.4 is 5.32 Å². The largest absolute Gasteiger partial charge is 0.545 e. The Bertz CT molecular complexity index is 462. The van der Waals surface area contributed by atoms with Crippen molar-refractivity contribution in [3.05, 3.63) is 35.9 Å². The van der Waals surface area contributed by atoms with Gasteiger partial charge in [-0.15, -0.1) is 4.52 Å². The summed E-state index contributed by atoms with van der Waals surface area (Å²) in [7, 11) is -0.146. The van der Waals surface area contributed by atoms with Crippen molar-refractivity contribution in [3.63, 3.8) is 0 Å². The molecule has 0 aliphatic carbocycles. The van der Waals surface area contributed by atoms with Crippen molar-refractivity contribution in [2.24, 2.45) is 0 Å². The van der Waals surface area contributed by atoms with Crippen LogP contribution in [-0.4, -0.2) is 32.1 Å². The molecule has 0 aromatic heterocycles. The molecule has 108 valence electrons. The van der Waals surface area contributed by atoms with Crippen LogP contribution in [0.2, 0.25) is 0 Å². The molecule has 1 aromatic carbocycles. The predicted octanol–water partition coefficient (Wildman–Crippen LogP) is 1.80. The first-order chi connectivity index (χ1) is 9.58. The molecule has 0 heterocycles. The molecular formula is C12H15NO6P+. The van der Waals surface area contributed by atoms with Crippen LogP contribution in [0, 0.1) is 0 Å². The summed E-state index contributed by atoms with van der Waals surface area (Å²) in [5.41, 5.74) is 0.786. The minimum atomic E-state index is -2.42. The quantitative estimate of drug-likeness (QED) is 0.636. The summed E-state index contributed by atoms with van der Waals surface area (Å²) in [6.45, 7) is 0.0321. The van der Waals surface area contributed by atoms with E-state index in [0.717, 1.165) is 19.8 Å². The lowest BCUT2D eigenvalue weighted by atomic mass is 10.2. The first kappa shape index (κ1) is 16.1. The van der Waals surface area contributed by atoms with Gasteiger partial charge in [0.05, 0.1) is 14.2 Å². The summed E-state index contributed by atoms with van der Waals surface area (Å²) in [6.07, 6.45) is -0.885. The van der Waals surface area contributed by atoms with Crippen molar-refractivity contribution < 1.29 is 28.2 Å². The average molecular weight is 300 g/mol. The van der Waals surface area contributed by atoms with Gasteiger partial charge < -0.3 is 9.47 Å². The molecular weight excluding hydrogens is 285 g/mol. The second-order valence-electron chi connectivity index (χ2n) is 3.60. The average Bonchev–Trinajstić information content (AvgIpc) is 2.50. The number of esters is 1. The highest BCUT2D eigenvalue weighted by Gasteiger charge is 2.42. The van der Waals surface area contributed by atoms with E-state index in [2.05, 4.69) is 14.6 Å². The summed E-state index contributed by atoms with van der Waals surface area (Å²) < 4.78 is 25.3. The molecule has 8 heteroatoms. The molecule has 0 spiro atoms. The summed E-state index contributed by atoms with van der Waals surface area (Å²) in [6, 6.07) is 8.99. The summed E-state index contributed by atoms with van der Waals surface area (Å²) in [5, 5.41) is 2.14. The standard InChI is InChI=1S/C12H14NO6P/c1-17-11(14)10(20(16)18-2)13-12(15)19-8-9-6-4-3-5-7-9/h3-7,10H,8H2,1-2H3/p+1. The highest BCUT2D eigenvalue weighted by molar-refractivity contribution is 7.41. The molecule has 2 atom stereocenters. The Hall–Kier alpha value is -1.98. The number of hydrogen-bond acceptors (Lipinski definition) is 6. The number of benzene rings is 1. The maximum atomic E-state index is 11.5. The van der Waals surface area contributed by atoms with E-state index in [4.69, 9.17) is 4.74 Å². The lowest BCUT2D eigenvalue weighted by molar-refractivity contribution is -0.140. The van der Waals surface area contributed by atoms with Crippen LogP contribution in [0.1, 0.15) is 5.56 Å². The van der Waals surface area contributed by atoms with E-state index in [1.54, 1.807) is 24.3 Å². The molecule has 7 nitrogen and oxygen atoms in total. The number of methoxy groups -OCH3 is 1. The third-order valence-electron chi connectivity index (χ3n) is 2.28. The van der Waals surface area contributed by atoms with E-state index in [9.17, 15) is 14.2 Å². The van der Waals surface area contributed by atoms with Crippen molar-refractivity contribution in [1.29, 1.82) is 0 Å². The summed E-state index contributed by atoms with van der Waals surface area (Å²) >= 11 is 0. The number of alkyl carbamates (subject to hydrolysis) is 1. The minimum absolute atomic E-state index is 0.0321. The predicted molar refractivity (Wildman–Crippen MR) is 70.2 cm³/mol. The molecule has 1 N–H and O–H groups in total. The molecule has 0 fully saturated rings. The van der Waals surface area contributed by atoms with Crippen molar-refractivity contribution in [3.8, 4) is 0 Å². The van der Waals surface area contributed by atoms with Crippen LogP contribution in [0.3, 0.4) is 0 Å². The van der Waals surface area contributed by atoms with Crippen LogP contribution >= 0.6 is 8.03 Å².